The molecule has 1 amide bonds. The molecule has 7 heteroatoms. The summed E-state index contributed by atoms with van der Waals surface area (Å²) in [6, 6.07) is 13.9. The molecule has 3 N–H and O–H groups in total. The molecule has 2 aromatic carbocycles. The van der Waals surface area contributed by atoms with Crippen LogP contribution in [0.25, 0.3) is 0 Å². The molecule has 0 saturated carbocycles. The fourth-order valence-electron chi connectivity index (χ4n) is 3.12. The Hall–Kier alpha value is -3.22. The Morgan fingerprint density at radius 2 is 1.84 bits per heavy atom. The topological polar surface area (TPSA) is 84.0 Å². The molecule has 0 saturated heterocycles. The molecular formula is C24H32N4O3. The van der Waals surface area contributed by atoms with E-state index in [0.717, 1.165) is 23.4 Å². The van der Waals surface area contributed by atoms with Gasteiger partial charge < -0.3 is 25.4 Å². The van der Waals surface area contributed by atoms with E-state index in [2.05, 4.69) is 40.0 Å². The number of nitrogens with zero attached hydrogens (tertiary/aromatic N) is 1. The van der Waals surface area contributed by atoms with Crippen molar-refractivity contribution in [3.05, 3.63) is 53.6 Å². The second-order valence-corrected chi connectivity index (χ2v) is 8.64. The summed E-state index contributed by atoms with van der Waals surface area (Å²) in [7, 11) is 0. The molecular weight excluding hydrogens is 392 g/mol. The Labute approximate surface area is 184 Å². The predicted molar refractivity (Wildman–Crippen MR) is 124 cm³/mol. The number of carbonyl (C=O) groups is 1. The fraction of sp³-hybridized carbons (Fsp3) is 0.417. The molecule has 0 aromatic heterocycles. The zero-order chi connectivity index (χ0) is 22.3. The van der Waals surface area contributed by atoms with Crippen LogP contribution in [0.4, 0.5) is 5.69 Å². The van der Waals surface area contributed by atoms with Gasteiger partial charge in [-0.15, -0.1) is 0 Å². The summed E-state index contributed by atoms with van der Waals surface area (Å²) in [5.41, 5.74) is 2.79. The Kier molecular flexibility index (Phi) is 7.39. The van der Waals surface area contributed by atoms with Crippen LogP contribution in [0.3, 0.4) is 0 Å². The Morgan fingerprint density at radius 3 is 2.58 bits per heavy atom. The van der Waals surface area contributed by atoms with E-state index in [1.807, 2.05) is 51.1 Å². The minimum atomic E-state index is -0.292. The van der Waals surface area contributed by atoms with Crippen molar-refractivity contribution >= 4 is 17.6 Å². The molecule has 2 aromatic rings. The first kappa shape index (κ1) is 22.5. The third-order valence-corrected chi connectivity index (χ3v) is 4.44. The van der Waals surface area contributed by atoms with E-state index < -0.39 is 0 Å². The van der Waals surface area contributed by atoms with Gasteiger partial charge in [0.1, 0.15) is 0 Å². The maximum absolute atomic E-state index is 12.3. The highest BCUT2D eigenvalue weighted by Gasteiger charge is 2.15. The standard InChI is InChI=1S/C24H32N4O3/c1-17-7-5-8-18(13-17)15-25-23(26-16-22(29)28-24(2,3)4)27-19-9-10-20-21(14-19)31-12-6-11-30-20/h5,7-10,13-14H,6,11-12,15-16H2,1-4H3,(H,28,29)(H2,25,26,27). The number of aliphatic imine (C=N–C) groups is 1. The minimum Gasteiger partial charge on any atom is -0.490 e. The van der Waals surface area contributed by atoms with E-state index in [0.29, 0.717) is 31.5 Å². The van der Waals surface area contributed by atoms with Gasteiger partial charge in [-0.25, -0.2) is 4.99 Å². The number of aryl methyl sites for hydroxylation is 1. The Morgan fingerprint density at radius 1 is 1.06 bits per heavy atom. The summed E-state index contributed by atoms with van der Waals surface area (Å²) in [6.45, 7) is 9.78. The van der Waals surface area contributed by atoms with Crippen LogP contribution in [0.5, 0.6) is 11.5 Å². The average Bonchev–Trinajstić information content (AvgIpc) is 2.94. The number of hydrogen-bond acceptors (Lipinski definition) is 4. The van der Waals surface area contributed by atoms with Crippen molar-refractivity contribution in [3.63, 3.8) is 0 Å². The van der Waals surface area contributed by atoms with Gasteiger partial charge in [0.2, 0.25) is 5.91 Å². The number of amides is 1. The molecule has 0 fully saturated rings. The maximum atomic E-state index is 12.3. The van der Waals surface area contributed by atoms with Gasteiger partial charge in [0.25, 0.3) is 0 Å². The molecule has 166 valence electrons. The molecule has 0 spiro atoms. The second-order valence-electron chi connectivity index (χ2n) is 8.64. The number of anilines is 1. The summed E-state index contributed by atoms with van der Waals surface area (Å²) in [4.78, 5) is 16.9. The van der Waals surface area contributed by atoms with Gasteiger partial charge in [0, 0.05) is 23.7 Å². The fourth-order valence-corrected chi connectivity index (χ4v) is 3.12. The zero-order valence-corrected chi connectivity index (χ0v) is 18.7. The van der Waals surface area contributed by atoms with Crippen LogP contribution in [0.2, 0.25) is 0 Å². The molecule has 0 atom stereocenters. The highest BCUT2D eigenvalue weighted by molar-refractivity contribution is 5.96. The molecule has 31 heavy (non-hydrogen) atoms. The second kappa shape index (κ2) is 10.2. The lowest BCUT2D eigenvalue weighted by atomic mass is 10.1. The van der Waals surface area contributed by atoms with Crippen molar-refractivity contribution in [3.8, 4) is 11.5 Å². The highest BCUT2D eigenvalue weighted by Crippen LogP contribution is 2.32. The van der Waals surface area contributed by atoms with Gasteiger partial charge in [-0.3, -0.25) is 4.79 Å². The SMILES string of the molecule is Cc1cccc(CN=C(NCC(=O)NC(C)(C)C)Nc2ccc3c(c2)OCCCO3)c1. The summed E-state index contributed by atoms with van der Waals surface area (Å²) in [5.74, 6) is 1.85. The van der Waals surface area contributed by atoms with Gasteiger partial charge in [0.15, 0.2) is 17.5 Å². The van der Waals surface area contributed by atoms with Crippen LogP contribution in [0.15, 0.2) is 47.5 Å². The van der Waals surface area contributed by atoms with E-state index in [4.69, 9.17) is 9.47 Å². The summed E-state index contributed by atoms with van der Waals surface area (Å²) in [5, 5.41) is 9.35. The van der Waals surface area contributed by atoms with Gasteiger partial charge in [-0.05, 0) is 45.4 Å². The van der Waals surface area contributed by atoms with E-state index in [9.17, 15) is 4.79 Å². The lowest BCUT2D eigenvalue weighted by Crippen LogP contribution is -2.46. The first-order valence-electron chi connectivity index (χ1n) is 10.6. The zero-order valence-electron chi connectivity index (χ0n) is 18.7. The number of rotatable bonds is 5. The number of benzene rings is 2. The summed E-state index contributed by atoms with van der Waals surface area (Å²) >= 11 is 0. The molecule has 0 bridgehead atoms. The number of ether oxygens (including phenoxy) is 2. The molecule has 0 unspecified atom stereocenters. The average molecular weight is 425 g/mol. The highest BCUT2D eigenvalue weighted by atomic mass is 16.5. The smallest absolute Gasteiger partial charge is 0.239 e. The first-order chi connectivity index (χ1) is 14.8. The summed E-state index contributed by atoms with van der Waals surface area (Å²) in [6.07, 6.45) is 0.852. The number of carbonyl (C=O) groups excluding carboxylic acids is 1. The van der Waals surface area contributed by atoms with Crippen LogP contribution in [-0.2, 0) is 11.3 Å². The lowest BCUT2D eigenvalue weighted by Gasteiger charge is -2.21. The molecule has 7 nitrogen and oxygen atoms in total. The van der Waals surface area contributed by atoms with E-state index in [1.165, 1.54) is 5.56 Å². The molecule has 3 rings (SSSR count). The first-order valence-corrected chi connectivity index (χ1v) is 10.6. The van der Waals surface area contributed by atoms with Crippen molar-refractivity contribution in [2.75, 3.05) is 25.1 Å². The normalized spacial score (nSPS) is 13.9. The van der Waals surface area contributed by atoms with Gasteiger partial charge in [0.05, 0.1) is 26.3 Å². The number of fused-ring (bicyclic) bond motifs is 1. The third-order valence-electron chi connectivity index (χ3n) is 4.44. The molecule has 1 aliphatic rings. The van der Waals surface area contributed by atoms with Gasteiger partial charge in [-0.1, -0.05) is 29.8 Å². The van der Waals surface area contributed by atoms with Crippen LogP contribution in [-0.4, -0.2) is 37.2 Å². The largest absolute Gasteiger partial charge is 0.490 e. The molecule has 0 radical (unpaired) electrons. The molecule has 1 heterocycles. The van der Waals surface area contributed by atoms with Crippen LogP contribution in [0.1, 0.15) is 38.3 Å². The van der Waals surface area contributed by atoms with E-state index in [-0.39, 0.29) is 18.0 Å². The van der Waals surface area contributed by atoms with Crippen molar-refractivity contribution in [1.82, 2.24) is 10.6 Å². The van der Waals surface area contributed by atoms with Crippen LogP contribution in [0, 0.1) is 6.92 Å². The maximum Gasteiger partial charge on any atom is 0.239 e. The van der Waals surface area contributed by atoms with Crippen molar-refractivity contribution in [2.24, 2.45) is 4.99 Å². The van der Waals surface area contributed by atoms with Crippen LogP contribution < -0.4 is 25.4 Å². The van der Waals surface area contributed by atoms with Crippen molar-refractivity contribution < 1.29 is 14.3 Å². The predicted octanol–water partition coefficient (Wildman–Crippen LogP) is 3.63. The van der Waals surface area contributed by atoms with Gasteiger partial charge in [-0.2, -0.15) is 0 Å². The summed E-state index contributed by atoms with van der Waals surface area (Å²) < 4.78 is 11.5. The Balaban J connectivity index is 1.73. The molecule has 1 aliphatic heterocycles. The van der Waals surface area contributed by atoms with E-state index >= 15 is 0 Å². The van der Waals surface area contributed by atoms with E-state index in [1.54, 1.807) is 0 Å². The van der Waals surface area contributed by atoms with Crippen LogP contribution >= 0.6 is 0 Å². The number of nitrogens with one attached hydrogen (secondary N) is 3. The quantitative estimate of drug-likeness (QED) is 0.504. The van der Waals surface area contributed by atoms with Gasteiger partial charge >= 0.3 is 0 Å². The number of guanidine groups is 1. The minimum absolute atomic E-state index is 0.101. The lowest BCUT2D eigenvalue weighted by molar-refractivity contribution is -0.121. The monoisotopic (exact) mass is 424 g/mol. The van der Waals surface area contributed by atoms with Crippen molar-refractivity contribution in [2.45, 2.75) is 46.2 Å². The number of hydrogen-bond donors (Lipinski definition) is 3. The van der Waals surface area contributed by atoms with Crippen molar-refractivity contribution in [1.29, 1.82) is 0 Å². The molecule has 0 aliphatic carbocycles. The third kappa shape index (κ3) is 7.51. The Bertz CT molecular complexity index is 935.